The molecule has 1 atom stereocenters. The summed E-state index contributed by atoms with van der Waals surface area (Å²) in [5.74, 6) is 0. The summed E-state index contributed by atoms with van der Waals surface area (Å²) in [5, 5.41) is 12.9. The number of aromatic nitrogens is 1. The number of fused-ring (bicyclic) bond motifs is 1. The van der Waals surface area contributed by atoms with Gasteiger partial charge in [-0.3, -0.25) is 0 Å². The predicted molar refractivity (Wildman–Crippen MR) is 79.0 cm³/mol. The average Bonchev–Trinajstić information content (AvgIpc) is 2.48. The normalized spacial score (nSPS) is 19.4. The summed E-state index contributed by atoms with van der Waals surface area (Å²) >= 11 is 3.48. The zero-order chi connectivity index (χ0) is 13.9. The van der Waals surface area contributed by atoms with Crippen molar-refractivity contribution in [3.8, 4) is 0 Å². The van der Waals surface area contributed by atoms with Gasteiger partial charge in [0.05, 0.1) is 17.6 Å². The highest BCUT2D eigenvalue weighted by molar-refractivity contribution is 9.10. The third-order valence-electron chi connectivity index (χ3n) is 3.51. The molecule has 0 aliphatic carbocycles. The van der Waals surface area contributed by atoms with Gasteiger partial charge in [-0.2, -0.15) is 4.73 Å². The fraction of sp³-hybridized carbons (Fsp3) is 0.400. The van der Waals surface area contributed by atoms with Crippen LogP contribution in [0.1, 0.15) is 24.8 Å². The number of nitrogens with zero attached hydrogens (tertiary/aromatic N) is 1. The lowest BCUT2D eigenvalue weighted by atomic mass is 10.1. The van der Waals surface area contributed by atoms with Crippen LogP contribution in [0, 0.1) is 5.21 Å². The zero-order valence-electron chi connectivity index (χ0n) is 11.0. The number of ether oxygens (including phenoxy) is 2. The molecule has 1 aromatic carbocycles. The molecular weight excluding hydrogens is 322 g/mol. The highest BCUT2D eigenvalue weighted by Crippen LogP contribution is 2.25. The molecule has 3 rings (SSSR count). The van der Waals surface area contributed by atoms with Gasteiger partial charge in [-0.15, -0.1) is 0 Å². The van der Waals surface area contributed by atoms with Gasteiger partial charge in [-0.1, -0.05) is 0 Å². The summed E-state index contributed by atoms with van der Waals surface area (Å²) in [6, 6.07) is 7.54. The van der Waals surface area contributed by atoms with Crippen molar-refractivity contribution in [2.24, 2.45) is 0 Å². The van der Waals surface area contributed by atoms with Crippen LogP contribution < -0.4 is 4.73 Å². The van der Waals surface area contributed by atoms with E-state index in [1.807, 2.05) is 18.2 Å². The van der Waals surface area contributed by atoms with Crippen molar-refractivity contribution < 1.29 is 14.2 Å². The zero-order valence-corrected chi connectivity index (χ0v) is 12.6. The summed E-state index contributed by atoms with van der Waals surface area (Å²) in [4.78, 5) is 0. The maximum Gasteiger partial charge on any atom is 0.230 e. The standard InChI is InChI=1S/C15H16BrNO3/c16-13-7-6-11(10-20-14-5-1-2-9-19-14)15-12(13)4-3-8-17(15)18/h3-4,6-8,14H,1-2,5,9-10H2. The van der Waals surface area contributed by atoms with Crippen molar-refractivity contribution in [3.63, 3.8) is 0 Å². The molecule has 106 valence electrons. The fourth-order valence-corrected chi connectivity index (χ4v) is 2.93. The van der Waals surface area contributed by atoms with Crippen LogP contribution in [0.5, 0.6) is 0 Å². The first kappa shape index (κ1) is 13.8. The number of hydrogen-bond donors (Lipinski definition) is 0. The smallest absolute Gasteiger partial charge is 0.230 e. The Balaban J connectivity index is 1.85. The molecule has 5 heteroatoms. The second-order valence-corrected chi connectivity index (χ2v) is 5.76. The topological polar surface area (TPSA) is 45.4 Å². The molecule has 2 aromatic rings. The van der Waals surface area contributed by atoms with Gasteiger partial charge in [-0.05, 0) is 53.4 Å². The molecule has 0 amide bonds. The van der Waals surface area contributed by atoms with E-state index >= 15 is 0 Å². The first-order valence-electron chi connectivity index (χ1n) is 6.78. The van der Waals surface area contributed by atoms with Gasteiger partial charge in [0.25, 0.3) is 0 Å². The molecule has 1 fully saturated rings. The Morgan fingerprint density at radius 1 is 1.35 bits per heavy atom. The van der Waals surface area contributed by atoms with E-state index in [1.54, 1.807) is 6.07 Å². The first-order chi connectivity index (χ1) is 9.75. The van der Waals surface area contributed by atoms with Crippen LogP contribution >= 0.6 is 15.9 Å². The lowest BCUT2D eigenvalue weighted by Gasteiger charge is -2.22. The molecule has 2 heterocycles. The van der Waals surface area contributed by atoms with Gasteiger partial charge in [0.2, 0.25) is 5.52 Å². The Hall–Kier alpha value is -1.17. The predicted octanol–water partition coefficient (Wildman–Crippen LogP) is 3.28. The fourth-order valence-electron chi connectivity index (χ4n) is 2.48. The third-order valence-corrected chi connectivity index (χ3v) is 4.21. The molecule has 0 spiro atoms. The summed E-state index contributed by atoms with van der Waals surface area (Å²) in [6.45, 7) is 1.15. The van der Waals surface area contributed by atoms with E-state index in [9.17, 15) is 5.21 Å². The molecule has 1 unspecified atom stereocenters. The molecule has 0 N–H and O–H groups in total. The van der Waals surface area contributed by atoms with E-state index in [0.717, 1.165) is 46.0 Å². The van der Waals surface area contributed by atoms with Crippen LogP contribution in [0.3, 0.4) is 0 Å². The van der Waals surface area contributed by atoms with Crippen LogP contribution in [0.4, 0.5) is 0 Å². The molecule has 20 heavy (non-hydrogen) atoms. The molecule has 0 saturated carbocycles. The van der Waals surface area contributed by atoms with Gasteiger partial charge >= 0.3 is 0 Å². The van der Waals surface area contributed by atoms with E-state index in [2.05, 4.69) is 15.9 Å². The van der Waals surface area contributed by atoms with Crippen LogP contribution in [0.25, 0.3) is 10.9 Å². The number of benzene rings is 1. The summed E-state index contributed by atoms with van der Waals surface area (Å²) in [5.41, 5.74) is 1.53. The second-order valence-electron chi connectivity index (χ2n) is 4.91. The third kappa shape index (κ3) is 2.80. The van der Waals surface area contributed by atoms with E-state index in [1.165, 1.54) is 6.20 Å². The Morgan fingerprint density at radius 2 is 2.25 bits per heavy atom. The van der Waals surface area contributed by atoms with Gasteiger partial charge in [0.1, 0.15) is 0 Å². The molecule has 0 radical (unpaired) electrons. The number of pyridine rings is 1. The molecule has 1 saturated heterocycles. The Labute approximate surface area is 126 Å². The molecule has 1 aliphatic heterocycles. The van der Waals surface area contributed by atoms with E-state index in [-0.39, 0.29) is 6.29 Å². The van der Waals surface area contributed by atoms with Gasteiger partial charge in [0, 0.05) is 17.1 Å². The van der Waals surface area contributed by atoms with Gasteiger partial charge in [0.15, 0.2) is 12.5 Å². The minimum atomic E-state index is -0.147. The van der Waals surface area contributed by atoms with E-state index in [4.69, 9.17) is 9.47 Å². The van der Waals surface area contributed by atoms with Crippen LogP contribution in [0.15, 0.2) is 34.9 Å². The SMILES string of the molecule is [O-][n+]1cccc2c(Br)ccc(COC3CCCCO3)c21. The number of halogens is 1. The lowest BCUT2D eigenvalue weighted by molar-refractivity contribution is -0.577. The minimum absolute atomic E-state index is 0.147. The maximum atomic E-state index is 12.0. The lowest BCUT2D eigenvalue weighted by Crippen LogP contribution is -2.28. The summed E-state index contributed by atoms with van der Waals surface area (Å²) in [6.07, 6.45) is 4.52. The number of rotatable bonds is 3. The van der Waals surface area contributed by atoms with Crippen molar-refractivity contribution in [1.82, 2.24) is 0 Å². The van der Waals surface area contributed by atoms with Crippen molar-refractivity contribution >= 4 is 26.8 Å². The monoisotopic (exact) mass is 337 g/mol. The van der Waals surface area contributed by atoms with Gasteiger partial charge < -0.3 is 14.7 Å². The van der Waals surface area contributed by atoms with Crippen molar-refractivity contribution in [2.75, 3.05) is 6.61 Å². The quantitative estimate of drug-likeness (QED) is 0.637. The molecule has 1 aliphatic rings. The Kier molecular flexibility index (Phi) is 4.19. The van der Waals surface area contributed by atoms with E-state index < -0.39 is 0 Å². The highest BCUT2D eigenvalue weighted by Gasteiger charge is 2.17. The first-order valence-corrected chi connectivity index (χ1v) is 7.57. The number of hydrogen-bond acceptors (Lipinski definition) is 3. The van der Waals surface area contributed by atoms with Crippen LogP contribution in [-0.4, -0.2) is 12.9 Å². The summed E-state index contributed by atoms with van der Waals surface area (Å²) < 4.78 is 13.1. The highest BCUT2D eigenvalue weighted by atomic mass is 79.9. The van der Waals surface area contributed by atoms with Crippen molar-refractivity contribution in [2.45, 2.75) is 32.2 Å². The molecule has 1 aromatic heterocycles. The summed E-state index contributed by atoms with van der Waals surface area (Å²) in [7, 11) is 0. The second kappa shape index (κ2) is 6.08. The minimum Gasteiger partial charge on any atom is -0.618 e. The molecule has 0 bridgehead atoms. The van der Waals surface area contributed by atoms with Crippen molar-refractivity contribution in [3.05, 3.63) is 45.7 Å². The van der Waals surface area contributed by atoms with Crippen LogP contribution in [-0.2, 0) is 16.1 Å². The molecular formula is C15H16BrNO3. The maximum absolute atomic E-state index is 12.0. The van der Waals surface area contributed by atoms with Crippen LogP contribution in [0.2, 0.25) is 0 Å². The average molecular weight is 338 g/mol. The van der Waals surface area contributed by atoms with Crippen molar-refractivity contribution in [1.29, 1.82) is 0 Å². The van der Waals surface area contributed by atoms with Gasteiger partial charge in [-0.25, -0.2) is 0 Å². The largest absolute Gasteiger partial charge is 0.618 e. The molecule has 4 nitrogen and oxygen atoms in total. The Bertz CT molecular complexity index is 611. The Morgan fingerprint density at radius 3 is 3.05 bits per heavy atom. The van der Waals surface area contributed by atoms with E-state index in [0.29, 0.717) is 12.1 Å².